The van der Waals surface area contributed by atoms with E-state index in [4.69, 9.17) is 5.73 Å². The summed E-state index contributed by atoms with van der Waals surface area (Å²) < 4.78 is 0. The van der Waals surface area contributed by atoms with E-state index in [1.54, 1.807) is 11.3 Å². The van der Waals surface area contributed by atoms with Crippen molar-refractivity contribution < 1.29 is 0 Å². The Labute approximate surface area is 102 Å². The molecule has 1 aliphatic heterocycles. The second-order valence-corrected chi connectivity index (χ2v) is 5.91. The summed E-state index contributed by atoms with van der Waals surface area (Å²) >= 11 is 1.77. The maximum Gasteiger partial charge on any atom is 0.185 e. The molecule has 2 N–H and O–H groups in total. The molecule has 0 radical (unpaired) electrons. The number of nitrogens with two attached hydrogens (primary N) is 1. The number of hydrogen-bond donors (Lipinski definition) is 1. The first-order chi connectivity index (χ1) is 7.58. The number of nitrogens with zero attached hydrogens (tertiary/aromatic N) is 2. The van der Waals surface area contributed by atoms with Crippen LogP contribution in [0.5, 0.6) is 0 Å². The zero-order valence-electron chi connectivity index (χ0n) is 10.4. The van der Waals surface area contributed by atoms with Gasteiger partial charge < -0.3 is 10.6 Å². The zero-order valence-corrected chi connectivity index (χ0v) is 11.2. The molecule has 0 aliphatic carbocycles. The minimum atomic E-state index is 0.106. The molecule has 4 heteroatoms. The molecule has 0 aromatic carbocycles. The van der Waals surface area contributed by atoms with Gasteiger partial charge in [0.15, 0.2) is 5.13 Å². The molecule has 3 nitrogen and oxygen atoms in total. The average molecular weight is 239 g/mol. The van der Waals surface area contributed by atoms with E-state index in [0.717, 1.165) is 29.8 Å². The topological polar surface area (TPSA) is 42.2 Å². The lowest BCUT2D eigenvalue weighted by atomic mass is 10.00. The second kappa shape index (κ2) is 4.72. The van der Waals surface area contributed by atoms with E-state index in [9.17, 15) is 0 Å². The second-order valence-electron chi connectivity index (χ2n) is 4.90. The van der Waals surface area contributed by atoms with Gasteiger partial charge in [0.2, 0.25) is 0 Å². The molecule has 1 unspecified atom stereocenters. The summed E-state index contributed by atoms with van der Waals surface area (Å²) in [4.78, 5) is 8.28. The van der Waals surface area contributed by atoms with Crippen LogP contribution in [0.1, 0.15) is 43.3 Å². The molecule has 1 aromatic rings. The van der Waals surface area contributed by atoms with Gasteiger partial charge in [-0.05, 0) is 32.6 Å². The first kappa shape index (κ1) is 11.9. The Morgan fingerprint density at radius 3 is 2.56 bits per heavy atom. The van der Waals surface area contributed by atoms with Gasteiger partial charge in [0, 0.05) is 24.0 Å². The summed E-state index contributed by atoms with van der Waals surface area (Å²) in [7, 11) is 0. The van der Waals surface area contributed by atoms with E-state index in [1.165, 1.54) is 17.7 Å². The van der Waals surface area contributed by atoms with Crippen LogP contribution in [0.15, 0.2) is 0 Å². The van der Waals surface area contributed by atoms with Crippen LogP contribution in [-0.4, -0.2) is 18.1 Å². The number of piperidine rings is 1. The van der Waals surface area contributed by atoms with Crippen LogP contribution >= 0.6 is 11.3 Å². The van der Waals surface area contributed by atoms with Crippen molar-refractivity contribution in [2.75, 3.05) is 18.0 Å². The Morgan fingerprint density at radius 1 is 1.44 bits per heavy atom. The van der Waals surface area contributed by atoms with Crippen LogP contribution in [0.4, 0.5) is 5.13 Å². The maximum atomic E-state index is 5.93. The fraction of sp³-hybridized carbons (Fsp3) is 0.750. The van der Waals surface area contributed by atoms with E-state index in [2.05, 4.69) is 23.7 Å². The molecular formula is C12H21N3S. The summed E-state index contributed by atoms with van der Waals surface area (Å²) in [6.07, 6.45) is 2.57. The van der Waals surface area contributed by atoms with Crippen LogP contribution < -0.4 is 10.6 Å². The summed E-state index contributed by atoms with van der Waals surface area (Å²) in [5, 5.41) is 1.16. The molecule has 2 heterocycles. The first-order valence-electron chi connectivity index (χ1n) is 6.05. The van der Waals surface area contributed by atoms with Crippen molar-refractivity contribution in [2.24, 2.45) is 11.7 Å². The normalized spacial score (nSPS) is 20.1. The summed E-state index contributed by atoms with van der Waals surface area (Å²) in [5.41, 5.74) is 7.04. The van der Waals surface area contributed by atoms with Gasteiger partial charge in [-0.15, -0.1) is 11.3 Å². The molecule has 1 atom stereocenters. The summed E-state index contributed by atoms with van der Waals surface area (Å²) in [6.45, 7) is 8.71. The number of thiazole rings is 1. The predicted octanol–water partition coefficient (Wildman–Crippen LogP) is 2.71. The van der Waals surface area contributed by atoms with Crippen LogP contribution in [0, 0.1) is 12.8 Å². The van der Waals surface area contributed by atoms with Crippen molar-refractivity contribution in [1.82, 2.24) is 4.98 Å². The molecule has 1 aliphatic rings. The van der Waals surface area contributed by atoms with Gasteiger partial charge in [0.25, 0.3) is 0 Å². The van der Waals surface area contributed by atoms with E-state index in [-0.39, 0.29) is 6.04 Å². The SMILES string of the molecule is Cc1nc(N2CCC(C)CC2)sc1C(C)N. The fourth-order valence-electron chi connectivity index (χ4n) is 2.15. The largest absolute Gasteiger partial charge is 0.348 e. The number of hydrogen-bond acceptors (Lipinski definition) is 4. The Bertz CT molecular complexity index is 351. The average Bonchev–Trinajstić information content (AvgIpc) is 2.61. The van der Waals surface area contributed by atoms with Crippen molar-refractivity contribution in [1.29, 1.82) is 0 Å². The van der Waals surface area contributed by atoms with E-state index < -0.39 is 0 Å². The molecule has 0 amide bonds. The smallest absolute Gasteiger partial charge is 0.185 e. The minimum Gasteiger partial charge on any atom is -0.348 e. The molecule has 0 spiro atoms. The Hall–Kier alpha value is -0.610. The maximum absolute atomic E-state index is 5.93. The Kier molecular flexibility index (Phi) is 3.50. The highest BCUT2D eigenvalue weighted by molar-refractivity contribution is 7.15. The Balaban J connectivity index is 2.12. The first-order valence-corrected chi connectivity index (χ1v) is 6.87. The van der Waals surface area contributed by atoms with Gasteiger partial charge in [-0.2, -0.15) is 0 Å². The molecule has 1 fully saturated rings. The third-order valence-corrected chi connectivity index (χ3v) is 4.71. The molecule has 1 saturated heterocycles. The predicted molar refractivity (Wildman–Crippen MR) is 70.1 cm³/mol. The molecule has 90 valence electrons. The van der Waals surface area contributed by atoms with Gasteiger partial charge >= 0.3 is 0 Å². The molecule has 16 heavy (non-hydrogen) atoms. The van der Waals surface area contributed by atoms with E-state index in [0.29, 0.717) is 0 Å². The highest BCUT2D eigenvalue weighted by Gasteiger charge is 2.20. The van der Waals surface area contributed by atoms with Crippen molar-refractivity contribution in [3.05, 3.63) is 10.6 Å². The molecule has 0 saturated carbocycles. The highest BCUT2D eigenvalue weighted by Crippen LogP contribution is 2.31. The minimum absolute atomic E-state index is 0.106. The van der Waals surface area contributed by atoms with Gasteiger partial charge in [-0.25, -0.2) is 4.98 Å². The van der Waals surface area contributed by atoms with Gasteiger partial charge in [0.1, 0.15) is 0 Å². The van der Waals surface area contributed by atoms with Crippen molar-refractivity contribution in [3.63, 3.8) is 0 Å². The van der Waals surface area contributed by atoms with Crippen molar-refractivity contribution in [3.8, 4) is 0 Å². The van der Waals surface area contributed by atoms with Crippen LogP contribution in [0.2, 0.25) is 0 Å². The third-order valence-electron chi connectivity index (χ3n) is 3.29. The number of anilines is 1. The summed E-state index contributed by atoms with van der Waals surface area (Å²) in [5.74, 6) is 0.866. The lowest BCUT2D eigenvalue weighted by Gasteiger charge is -2.29. The number of aromatic nitrogens is 1. The van der Waals surface area contributed by atoms with Crippen LogP contribution in [0.3, 0.4) is 0 Å². The van der Waals surface area contributed by atoms with Crippen molar-refractivity contribution in [2.45, 2.75) is 39.7 Å². The highest BCUT2D eigenvalue weighted by atomic mass is 32.1. The Morgan fingerprint density at radius 2 is 2.06 bits per heavy atom. The molecule has 0 bridgehead atoms. The lowest BCUT2D eigenvalue weighted by Crippen LogP contribution is -2.32. The number of aryl methyl sites for hydroxylation is 1. The van der Waals surface area contributed by atoms with E-state index >= 15 is 0 Å². The van der Waals surface area contributed by atoms with Gasteiger partial charge in [0.05, 0.1) is 5.69 Å². The molecule has 1 aromatic heterocycles. The van der Waals surface area contributed by atoms with Crippen LogP contribution in [-0.2, 0) is 0 Å². The quantitative estimate of drug-likeness (QED) is 0.863. The number of rotatable bonds is 2. The molecular weight excluding hydrogens is 218 g/mol. The lowest BCUT2D eigenvalue weighted by molar-refractivity contribution is 0.438. The van der Waals surface area contributed by atoms with Crippen molar-refractivity contribution >= 4 is 16.5 Å². The van der Waals surface area contributed by atoms with Gasteiger partial charge in [-0.3, -0.25) is 0 Å². The monoisotopic (exact) mass is 239 g/mol. The van der Waals surface area contributed by atoms with Crippen LogP contribution in [0.25, 0.3) is 0 Å². The van der Waals surface area contributed by atoms with E-state index in [1.807, 2.05) is 6.92 Å². The fourth-order valence-corrected chi connectivity index (χ4v) is 3.22. The standard InChI is InChI=1S/C12H21N3S/c1-8-4-6-15(7-5-8)12-14-10(3)11(16-12)9(2)13/h8-9H,4-7,13H2,1-3H3. The zero-order chi connectivity index (χ0) is 11.7. The third kappa shape index (κ3) is 2.38. The summed E-state index contributed by atoms with van der Waals surface area (Å²) in [6, 6.07) is 0.106. The van der Waals surface area contributed by atoms with Gasteiger partial charge in [-0.1, -0.05) is 6.92 Å². The molecule has 2 rings (SSSR count).